The normalized spacial score (nSPS) is 13.9. The standard InChI is InChI=1S/C18H20N2O2/c1-11-16(13(3)21)12(2)19-17(11)18(22)20-10-6-8-14-7-4-5-9-15(14)20/h4-5,7,9,19H,6,8,10H2,1-3H3. The monoisotopic (exact) mass is 296 g/mol. The van der Waals surface area contributed by atoms with Crippen LogP contribution < -0.4 is 4.90 Å². The summed E-state index contributed by atoms with van der Waals surface area (Å²) in [7, 11) is 0. The molecule has 0 atom stereocenters. The third kappa shape index (κ3) is 2.25. The molecule has 0 radical (unpaired) electrons. The van der Waals surface area contributed by atoms with Gasteiger partial charge >= 0.3 is 0 Å². The van der Waals surface area contributed by atoms with Crippen molar-refractivity contribution >= 4 is 17.4 Å². The van der Waals surface area contributed by atoms with Crippen molar-refractivity contribution < 1.29 is 9.59 Å². The summed E-state index contributed by atoms with van der Waals surface area (Å²) in [4.78, 5) is 29.6. The van der Waals surface area contributed by atoms with E-state index in [0.717, 1.165) is 29.8 Å². The molecule has 1 amide bonds. The maximum atomic E-state index is 13.0. The minimum Gasteiger partial charge on any atom is -0.354 e. The van der Waals surface area contributed by atoms with Crippen molar-refractivity contribution in [1.29, 1.82) is 0 Å². The van der Waals surface area contributed by atoms with Crippen LogP contribution in [0.25, 0.3) is 0 Å². The van der Waals surface area contributed by atoms with Crippen molar-refractivity contribution in [2.24, 2.45) is 0 Å². The Morgan fingerprint density at radius 2 is 1.91 bits per heavy atom. The molecule has 0 unspecified atom stereocenters. The highest BCUT2D eigenvalue weighted by atomic mass is 16.2. The number of aromatic amines is 1. The Bertz CT molecular complexity index is 758. The predicted octanol–water partition coefficient (Wildman–Crippen LogP) is 3.43. The Hall–Kier alpha value is -2.36. The first-order valence-electron chi connectivity index (χ1n) is 7.60. The first kappa shape index (κ1) is 14.6. The van der Waals surface area contributed by atoms with Crippen LogP contribution in [0.1, 0.15) is 51.0 Å². The Kier molecular flexibility index (Phi) is 3.61. The molecule has 0 bridgehead atoms. The van der Waals surface area contributed by atoms with Crippen LogP contribution in [0.5, 0.6) is 0 Å². The molecular weight excluding hydrogens is 276 g/mol. The van der Waals surface area contributed by atoms with Gasteiger partial charge in [0.1, 0.15) is 5.69 Å². The van der Waals surface area contributed by atoms with E-state index < -0.39 is 0 Å². The quantitative estimate of drug-likeness (QED) is 0.863. The van der Waals surface area contributed by atoms with Crippen LogP contribution in [0.15, 0.2) is 24.3 Å². The summed E-state index contributed by atoms with van der Waals surface area (Å²) in [5, 5.41) is 0. The number of fused-ring (bicyclic) bond motifs is 1. The lowest BCUT2D eigenvalue weighted by atomic mass is 10.0. The molecule has 1 aliphatic rings. The summed E-state index contributed by atoms with van der Waals surface area (Å²) >= 11 is 0. The summed E-state index contributed by atoms with van der Waals surface area (Å²) < 4.78 is 0. The second-order valence-electron chi connectivity index (χ2n) is 5.87. The molecule has 1 N–H and O–H groups in total. The average molecular weight is 296 g/mol. The van der Waals surface area contributed by atoms with Gasteiger partial charge in [-0.3, -0.25) is 9.59 Å². The van der Waals surface area contributed by atoms with Gasteiger partial charge in [-0.15, -0.1) is 0 Å². The van der Waals surface area contributed by atoms with E-state index in [1.54, 1.807) is 0 Å². The zero-order chi connectivity index (χ0) is 15.9. The van der Waals surface area contributed by atoms with E-state index in [-0.39, 0.29) is 11.7 Å². The van der Waals surface area contributed by atoms with Gasteiger partial charge in [0.05, 0.1) is 0 Å². The summed E-state index contributed by atoms with van der Waals surface area (Å²) in [6.07, 6.45) is 1.96. The van der Waals surface area contributed by atoms with Crippen LogP contribution in [0.2, 0.25) is 0 Å². The Balaban J connectivity index is 2.03. The van der Waals surface area contributed by atoms with Crippen molar-refractivity contribution in [2.45, 2.75) is 33.6 Å². The first-order valence-corrected chi connectivity index (χ1v) is 7.60. The number of hydrogen-bond acceptors (Lipinski definition) is 2. The molecule has 4 nitrogen and oxygen atoms in total. The lowest BCUT2D eigenvalue weighted by Gasteiger charge is -2.29. The molecule has 1 aromatic heterocycles. The predicted molar refractivity (Wildman–Crippen MR) is 86.7 cm³/mol. The summed E-state index contributed by atoms with van der Waals surface area (Å²) in [6.45, 7) is 5.92. The topological polar surface area (TPSA) is 53.2 Å². The molecule has 0 saturated carbocycles. The van der Waals surface area contributed by atoms with Crippen molar-refractivity contribution in [3.8, 4) is 0 Å². The number of amides is 1. The number of anilines is 1. The van der Waals surface area contributed by atoms with E-state index in [2.05, 4.69) is 11.1 Å². The van der Waals surface area contributed by atoms with Gasteiger partial charge in [0, 0.05) is 23.5 Å². The van der Waals surface area contributed by atoms with Gasteiger partial charge in [0.25, 0.3) is 5.91 Å². The number of aromatic nitrogens is 1. The molecule has 0 fully saturated rings. The molecule has 3 rings (SSSR count). The summed E-state index contributed by atoms with van der Waals surface area (Å²) in [5.74, 6) is -0.0652. The van der Waals surface area contributed by atoms with Gasteiger partial charge in [-0.2, -0.15) is 0 Å². The van der Waals surface area contributed by atoms with Crippen molar-refractivity contribution in [2.75, 3.05) is 11.4 Å². The second kappa shape index (κ2) is 5.44. The number of aryl methyl sites for hydroxylation is 2. The summed E-state index contributed by atoms with van der Waals surface area (Å²) in [6, 6.07) is 8.02. The molecule has 1 aromatic carbocycles. The number of nitrogens with zero attached hydrogens (tertiary/aromatic N) is 1. The van der Waals surface area contributed by atoms with E-state index in [1.807, 2.05) is 36.9 Å². The minimum atomic E-state index is -0.0553. The van der Waals surface area contributed by atoms with Crippen LogP contribution in [0, 0.1) is 13.8 Å². The molecule has 114 valence electrons. The van der Waals surface area contributed by atoms with E-state index in [0.29, 0.717) is 17.8 Å². The van der Waals surface area contributed by atoms with E-state index in [4.69, 9.17) is 0 Å². The highest BCUT2D eigenvalue weighted by molar-refractivity contribution is 6.09. The van der Waals surface area contributed by atoms with Gasteiger partial charge in [-0.1, -0.05) is 18.2 Å². The molecule has 2 heterocycles. The number of H-pyrrole nitrogens is 1. The SMILES string of the molecule is CC(=O)c1c(C)[nH]c(C(=O)N2CCCc3ccccc32)c1C. The van der Waals surface area contributed by atoms with Crippen LogP contribution in [0.3, 0.4) is 0 Å². The highest BCUT2D eigenvalue weighted by Crippen LogP contribution is 2.29. The molecule has 2 aromatic rings. The average Bonchev–Trinajstić information content (AvgIpc) is 2.81. The fourth-order valence-corrected chi connectivity index (χ4v) is 3.37. The largest absolute Gasteiger partial charge is 0.354 e. The van der Waals surface area contributed by atoms with Gasteiger partial charge in [-0.25, -0.2) is 0 Å². The number of rotatable bonds is 2. The van der Waals surface area contributed by atoms with Crippen molar-refractivity contribution in [3.63, 3.8) is 0 Å². The molecular formula is C18H20N2O2. The fourth-order valence-electron chi connectivity index (χ4n) is 3.37. The molecule has 0 aliphatic carbocycles. The zero-order valence-electron chi connectivity index (χ0n) is 13.2. The maximum Gasteiger partial charge on any atom is 0.274 e. The number of carbonyl (C=O) groups excluding carboxylic acids is 2. The first-order chi connectivity index (χ1) is 10.5. The molecule has 0 spiro atoms. The molecule has 22 heavy (non-hydrogen) atoms. The van der Waals surface area contributed by atoms with Gasteiger partial charge in [0.15, 0.2) is 5.78 Å². The number of ketones is 1. The lowest BCUT2D eigenvalue weighted by Crippen LogP contribution is -2.36. The van der Waals surface area contributed by atoms with E-state index >= 15 is 0 Å². The number of Topliss-reactive ketones (excluding diaryl/α,β-unsaturated/α-hetero) is 1. The number of benzene rings is 1. The smallest absolute Gasteiger partial charge is 0.274 e. The third-order valence-corrected chi connectivity index (χ3v) is 4.36. The van der Waals surface area contributed by atoms with Gasteiger partial charge in [0.2, 0.25) is 0 Å². The Morgan fingerprint density at radius 1 is 1.18 bits per heavy atom. The summed E-state index contributed by atoms with van der Waals surface area (Å²) in [5.41, 5.74) is 4.86. The van der Waals surface area contributed by atoms with Crippen LogP contribution in [-0.2, 0) is 6.42 Å². The van der Waals surface area contributed by atoms with Gasteiger partial charge < -0.3 is 9.88 Å². The van der Waals surface area contributed by atoms with Crippen LogP contribution in [-0.4, -0.2) is 23.2 Å². The molecule has 4 heteroatoms. The fraction of sp³-hybridized carbons (Fsp3) is 0.333. The van der Waals surface area contributed by atoms with E-state index in [9.17, 15) is 9.59 Å². The van der Waals surface area contributed by atoms with Gasteiger partial charge in [-0.05, 0) is 50.8 Å². The number of hydrogen-bond donors (Lipinski definition) is 1. The Morgan fingerprint density at radius 3 is 2.59 bits per heavy atom. The third-order valence-electron chi connectivity index (χ3n) is 4.36. The van der Waals surface area contributed by atoms with Crippen LogP contribution in [0.4, 0.5) is 5.69 Å². The minimum absolute atomic E-state index is 0.00987. The number of nitrogens with one attached hydrogen (secondary N) is 1. The highest BCUT2D eigenvalue weighted by Gasteiger charge is 2.27. The second-order valence-corrected chi connectivity index (χ2v) is 5.87. The molecule has 0 saturated heterocycles. The van der Waals surface area contributed by atoms with Crippen LogP contribution >= 0.6 is 0 Å². The van der Waals surface area contributed by atoms with Crippen molar-refractivity contribution in [3.05, 3.63) is 52.3 Å². The maximum absolute atomic E-state index is 13.0. The zero-order valence-corrected chi connectivity index (χ0v) is 13.2. The number of para-hydroxylation sites is 1. The molecule has 1 aliphatic heterocycles. The van der Waals surface area contributed by atoms with E-state index in [1.165, 1.54) is 12.5 Å². The van der Waals surface area contributed by atoms with Crippen molar-refractivity contribution in [1.82, 2.24) is 4.98 Å². The number of carbonyl (C=O) groups is 2. The lowest BCUT2D eigenvalue weighted by molar-refractivity contribution is 0.0979. The Labute approximate surface area is 130 Å².